The molecule has 1 aliphatic rings. The van der Waals surface area contributed by atoms with E-state index in [4.69, 9.17) is 4.42 Å². The van der Waals surface area contributed by atoms with Crippen LogP contribution in [0.2, 0.25) is 0 Å². The number of hydrogen-bond acceptors (Lipinski definition) is 5. The Hall–Kier alpha value is -1.33. The standard InChI is InChI=1S/C16H16N2OS2/c1-10-4-5-12-13(7-10)21-16-14(12)15(17-9-18-16)20-8-11-3-2-6-19-11/h2-3,6,9-10H,4-5,7-8H2,1H3. The number of thiophene rings is 1. The summed E-state index contributed by atoms with van der Waals surface area (Å²) in [5, 5.41) is 2.39. The SMILES string of the molecule is CC1CCc2c(sc3ncnc(SCc4ccco4)c23)C1. The monoisotopic (exact) mass is 316 g/mol. The van der Waals surface area contributed by atoms with Crippen molar-refractivity contribution in [2.75, 3.05) is 0 Å². The van der Waals surface area contributed by atoms with Crippen molar-refractivity contribution in [3.05, 3.63) is 40.9 Å². The molecule has 0 radical (unpaired) electrons. The van der Waals surface area contributed by atoms with Crippen molar-refractivity contribution in [3.63, 3.8) is 0 Å². The zero-order valence-electron chi connectivity index (χ0n) is 11.8. The summed E-state index contributed by atoms with van der Waals surface area (Å²) >= 11 is 3.60. The lowest BCUT2D eigenvalue weighted by Gasteiger charge is -2.18. The van der Waals surface area contributed by atoms with Gasteiger partial charge in [-0.3, -0.25) is 0 Å². The van der Waals surface area contributed by atoms with Crippen molar-refractivity contribution >= 4 is 33.3 Å². The van der Waals surface area contributed by atoms with E-state index >= 15 is 0 Å². The van der Waals surface area contributed by atoms with Crippen molar-refractivity contribution in [3.8, 4) is 0 Å². The Morgan fingerprint density at radius 2 is 2.38 bits per heavy atom. The number of aryl methyl sites for hydroxylation is 1. The fourth-order valence-electron chi connectivity index (χ4n) is 2.89. The van der Waals surface area contributed by atoms with Crippen molar-refractivity contribution < 1.29 is 4.42 Å². The van der Waals surface area contributed by atoms with E-state index in [1.165, 1.54) is 28.7 Å². The Morgan fingerprint density at radius 3 is 3.24 bits per heavy atom. The first-order valence-corrected chi connectivity index (χ1v) is 9.02. The first-order valence-electron chi connectivity index (χ1n) is 7.21. The predicted octanol–water partition coefficient (Wildman–Crippen LogP) is 4.70. The molecule has 0 bridgehead atoms. The minimum atomic E-state index is 0.790. The fourth-order valence-corrected chi connectivity index (χ4v) is 5.23. The highest BCUT2D eigenvalue weighted by molar-refractivity contribution is 7.98. The molecule has 5 heteroatoms. The number of thioether (sulfide) groups is 1. The average molecular weight is 316 g/mol. The summed E-state index contributed by atoms with van der Waals surface area (Å²) in [7, 11) is 0. The summed E-state index contributed by atoms with van der Waals surface area (Å²) in [4.78, 5) is 11.7. The Balaban J connectivity index is 1.72. The van der Waals surface area contributed by atoms with E-state index in [2.05, 4.69) is 16.9 Å². The van der Waals surface area contributed by atoms with Crippen molar-refractivity contribution in [2.24, 2.45) is 5.92 Å². The third-order valence-corrected chi connectivity index (χ3v) is 6.16. The van der Waals surface area contributed by atoms with E-state index < -0.39 is 0 Å². The van der Waals surface area contributed by atoms with Crippen molar-refractivity contribution in [2.45, 2.75) is 37.0 Å². The van der Waals surface area contributed by atoms with Gasteiger partial charge in [-0.15, -0.1) is 11.3 Å². The first kappa shape index (κ1) is 13.3. The average Bonchev–Trinajstić information content (AvgIpc) is 3.11. The second-order valence-electron chi connectivity index (χ2n) is 5.58. The highest BCUT2D eigenvalue weighted by Gasteiger charge is 2.23. The molecule has 1 aliphatic carbocycles. The summed E-state index contributed by atoms with van der Waals surface area (Å²) in [6, 6.07) is 3.94. The maximum atomic E-state index is 5.41. The maximum Gasteiger partial charge on any atom is 0.128 e. The Bertz CT molecular complexity index is 764. The molecular weight excluding hydrogens is 300 g/mol. The van der Waals surface area contributed by atoms with Gasteiger partial charge in [0, 0.05) is 10.3 Å². The first-order chi connectivity index (χ1) is 10.3. The third-order valence-electron chi connectivity index (χ3n) is 3.99. The van der Waals surface area contributed by atoms with E-state index in [-0.39, 0.29) is 0 Å². The molecule has 0 fully saturated rings. The zero-order valence-corrected chi connectivity index (χ0v) is 13.5. The number of hydrogen-bond donors (Lipinski definition) is 0. The van der Waals surface area contributed by atoms with E-state index in [1.54, 1.807) is 24.4 Å². The molecule has 21 heavy (non-hydrogen) atoms. The van der Waals surface area contributed by atoms with E-state index in [9.17, 15) is 0 Å². The normalized spacial score (nSPS) is 18.0. The number of fused-ring (bicyclic) bond motifs is 3. The molecule has 3 aromatic heterocycles. The molecule has 1 unspecified atom stereocenters. The Kier molecular flexibility index (Phi) is 3.47. The van der Waals surface area contributed by atoms with Gasteiger partial charge in [0.1, 0.15) is 21.9 Å². The second kappa shape index (κ2) is 5.46. The van der Waals surface area contributed by atoms with Gasteiger partial charge < -0.3 is 4.42 Å². The van der Waals surface area contributed by atoms with Gasteiger partial charge in [0.15, 0.2) is 0 Å². The number of nitrogens with zero attached hydrogens (tertiary/aromatic N) is 2. The second-order valence-corrected chi connectivity index (χ2v) is 7.63. The molecular formula is C16H16N2OS2. The van der Waals surface area contributed by atoms with Crippen LogP contribution in [0.15, 0.2) is 34.2 Å². The largest absolute Gasteiger partial charge is 0.468 e. The van der Waals surface area contributed by atoms with E-state index in [1.807, 2.05) is 23.5 Å². The highest BCUT2D eigenvalue weighted by Crippen LogP contribution is 2.40. The van der Waals surface area contributed by atoms with Crippen LogP contribution >= 0.6 is 23.1 Å². The summed E-state index contributed by atoms with van der Waals surface area (Å²) in [6.07, 6.45) is 7.05. The molecule has 0 amide bonds. The van der Waals surface area contributed by atoms with Crippen LogP contribution in [0.1, 0.15) is 29.5 Å². The molecule has 108 valence electrons. The molecule has 3 aromatic rings. The van der Waals surface area contributed by atoms with E-state index in [0.29, 0.717) is 0 Å². The maximum absolute atomic E-state index is 5.41. The van der Waals surface area contributed by atoms with Gasteiger partial charge in [0.25, 0.3) is 0 Å². The lowest BCUT2D eigenvalue weighted by molar-refractivity contribution is 0.509. The van der Waals surface area contributed by atoms with Gasteiger partial charge in [-0.25, -0.2) is 9.97 Å². The van der Waals surface area contributed by atoms with Crippen LogP contribution < -0.4 is 0 Å². The van der Waals surface area contributed by atoms with Crippen LogP contribution in [0.5, 0.6) is 0 Å². The molecule has 0 aliphatic heterocycles. The van der Waals surface area contributed by atoms with Crippen LogP contribution in [0.25, 0.3) is 10.2 Å². The van der Waals surface area contributed by atoms with Gasteiger partial charge in [-0.1, -0.05) is 18.7 Å². The van der Waals surface area contributed by atoms with Crippen LogP contribution in [-0.2, 0) is 18.6 Å². The summed E-state index contributed by atoms with van der Waals surface area (Å²) in [5.74, 6) is 2.60. The van der Waals surface area contributed by atoms with Crippen molar-refractivity contribution in [1.82, 2.24) is 9.97 Å². The van der Waals surface area contributed by atoms with Gasteiger partial charge in [-0.05, 0) is 42.9 Å². The van der Waals surface area contributed by atoms with Crippen LogP contribution in [0, 0.1) is 5.92 Å². The van der Waals surface area contributed by atoms with Crippen molar-refractivity contribution in [1.29, 1.82) is 0 Å². The highest BCUT2D eigenvalue weighted by atomic mass is 32.2. The molecule has 3 nitrogen and oxygen atoms in total. The van der Waals surface area contributed by atoms with Crippen LogP contribution in [-0.4, -0.2) is 9.97 Å². The lowest BCUT2D eigenvalue weighted by atomic mass is 9.89. The topological polar surface area (TPSA) is 38.9 Å². The quantitative estimate of drug-likeness (QED) is 0.518. The number of furan rings is 1. The molecule has 0 N–H and O–H groups in total. The van der Waals surface area contributed by atoms with Crippen LogP contribution in [0.4, 0.5) is 0 Å². The molecule has 0 saturated heterocycles. The fraction of sp³-hybridized carbons (Fsp3) is 0.375. The molecule has 0 spiro atoms. The zero-order chi connectivity index (χ0) is 14.2. The minimum absolute atomic E-state index is 0.790. The molecule has 0 saturated carbocycles. The van der Waals surface area contributed by atoms with Crippen LogP contribution in [0.3, 0.4) is 0 Å². The smallest absolute Gasteiger partial charge is 0.128 e. The summed E-state index contributed by atoms with van der Waals surface area (Å²) in [5.41, 5.74) is 1.50. The number of rotatable bonds is 3. The van der Waals surface area contributed by atoms with Gasteiger partial charge in [0.2, 0.25) is 0 Å². The Labute approximate surface area is 131 Å². The summed E-state index contributed by atoms with van der Waals surface area (Å²) in [6.45, 7) is 2.34. The van der Waals surface area contributed by atoms with Gasteiger partial charge >= 0.3 is 0 Å². The molecule has 3 heterocycles. The molecule has 1 atom stereocenters. The lowest BCUT2D eigenvalue weighted by Crippen LogP contribution is -2.08. The van der Waals surface area contributed by atoms with Gasteiger partial charge in [0.05, 0.1) is 12.0 Å². The minimum Gasteiger partial charge on any atom is -0.468 e. The third kappa shape index (κ3) is 2.49. The molecule has 0 aromatic carbocycles. The van der Waals surface area contributed by atoms with E-state index in [0.717, 1.165) is 33.7 Å². The Morgan fingerprint density at radius 1 is 1.43 bits per heavy atom. The predicted molar refractivity (Wildman–Crippen MR) is 86.9 cm³/mol. The number of aromatic nitrogens is 2. The summed E-state index contributed by atoms with van der Waals surface area (Å²) < 4.78 is 5.41. The van der Waals surface area contributed by atoms with Gasteiger partial charge in [-0.2, -0.15) is 0 Å². The molecule has 4 rings (SSSR count).